The quantitative estimate of drug-likeness (QED) is 0.398. The number of benzene rings is 2. The van der Waals surface area contributed by atoms with Gasteiger partial charge in [0.2, 0.25) is 0 Å². The molecule has 4 nitrogen and oxygen atoms in total. The van der Waals surface area contributed by atoms with Crippen molar-refractivity contribution in [3.8, 4) is 11.3 Å². The maximum Gasteiger partial charge on any atom is 0.308 e. The number of rotatable bonds is 8. The number of hydrogen-bond acceptors (Lipinski definition) is 5. The van der Waals surface area contributed by atoms with Gasteiger partial charge in [0, 0.05) is 12.1 Å². The van der Waals surface area contributed by atoms with Crippen molar-refractivity contribution in [2.45, 2.75) is 10.6 Å². The van der Waals surface area contributed by atoms with Crippen LogP contribution in [0.25, 0.3) is 11.3 Å². The molecule has 2 N–H and O–H groups in total. The highest BCUT2D eigenvalue weighted by Crippen LogP contribution is 2.39. The molecule has 1 heterocycles. The van der Waals surface area contributed by atoms with E-state index in [0.29, 0.717) is 28.1 Å². The predicted molar refractivity (Wildman–Crippen MR) is 119 cm³/mol. The highest BCUT2D eigenvalue weighted by Gasteiger charge is 2.20. The van der Waals surface area contributed by atoms with Crippen molar-refractivity contribution in [2.24, 2.45) is 5.92 Å². The number of nitrogens with zero attached hydrogens (tertiary/aromatic N) is 1. The van der Waals surface area contributed by atoms with Crippen LogP contribution in [0.5, 0.6) is 0 Å². The van der Waals surface area contributed by atoms with E-state index in [1.165, 1.54) is 11.3 Å². The molecule has 1 atom stereocenters. The second-order valence-electron chi connectivity index (χ2n) is 6.09. The first-order valence-electron chi connectivity index (χ1n) is 8.48. The Bertz CT molecular complexity index is 964. The SMILES string of the molecule is CSc1sc(NCC(Cc2ccccc2)C(=O)O)nc1-c1ccc(Cl)c(Cl)c1. The molecule has 1 aromatic heterocycles. The number of carboxylic acid groups (broad SMARTS) is 1. The molecular formula is C20H18Cl2N2O2S2. The summed E-state index contributed by atoms with van der Waals surface area (Å²) >= 11 is 15.2. The van der Waals surface area contributed by atoms with Crippen LogP contribution in [-0.4, -0.2) is 28.9 Å². The molecule has 1 unspecified atom stereocenters. The van der Waals surface area contributed by atoms with Gasteiger partial charge < -0.3 is 10.4 Å². The molecule has 146 valence electrons. The van der Waals surface area contributed by atoms with E-state index in [9.17, 15) is 9.90 Å². The van der Waals surface area contributed by atoms with Crippen LogP contribution in [0.4, 0.5) is 5.13 Å². The molecule has 0 aliphatic carbocycles. The van der Waals surface area contributed by atoms with Crippen LogP contribution < -0.4 is 5.32 Å². The van der Waals surface area contributed by atoms with Crippen LogP contribution in [-0.2, 0) is 11.2 Å². The molecule has 0 saturated carbocycles. The number of carbonyl (C=O) groups is 1. The molecule has 3 rings (SSSR count). The Balaban J connectivity index is 1.75. The van der Waals surface area contributed by atoms with Crippen LogP contribution in [0, 0.1) is 5.92 Å². The zero-order valence-corrected chi connectivity index (χ0v) is 18.1. The van der Waals surface area contributed by atoms with Gasteiger partial charge in [-0.1, -0.05) is 70.9 Å². The largest absolute Gasteiger partial charge is 0.481 e. The van der Waals surface area contributed by atoms with Gasteiger partial charge in [-0.05, 0) is 30.4 Å². The Kier molecular flexibility index (Phi) is 7.24. The number of aliphatic carboxylic acids is 1. The molecule has 28 heavy (non-hydrogen) atoms. The van der Waals surface area contributed by atoms with Gasteiger partial charge in [-0.3, -0.25) is 4.79 Å². The monoisotopic (exact) mass is 452 g/mol. The van der Waals surface area contributed by atoms with Gasteiger partial charge in [-0.2, -0.15) is 0 Å². The number of anilines is 1. The van der Waals surface area contributed by atoms with E-state index in [-0.39, 0.29) is 0 Å². The Hall–Kier alpha value is -1.73. The van der Waals surface area contributed by atoms with Gasteiger partial charge >= 0.3 is 5.97 Å². The van der Waals surface area contributed by atoms with Crippen LogP contribution in [0.3, 0.4) is 0 Å². The van der Waals surface area contributed by atoms with Crippen molar-refractivity contribution in [2.75, 3.05) is 18.1 Å². The minimum Gasteiger partial charge on any atom is -0.481 e. The molecule has 0 radical (unpaired) electrons. The molecule has 0 spiro atoms. The lowest BCUT2D eigenvalue weighted by Gasteiger charge is -2.12. The van der Waals surface area contributed by atoms with Crippen LogP contribution in [0.15, 0.2) is 52.7 Å². The fourth-order valence-corrected chi connectivity index (χ4v) is 4.66. The topological polar surface area (TPSA) is 62.2 Å². The number of hydrogen-bond donors (Lipinski definition) is 2. The Morgan fingerprint density at radius 1 is 1.21 bits per heavy atom. The van der Waals surface area contributed by atoms with Crippen molar-refractivity contribution >= 4 is 57.4 Å². The lowest BCUT2D eigenvalue weighted by atomic mass is 9.99. The minimum atomic E-state index is -0.831. The summed E-state index contributed by atoms with van der Waals surface area (Å²) in [5, 5.41) is 14.4. The third-order valence-corrected chi connectivity index (χ3v) is 7.01. The van der Waals surface area contributed by atoms with Crippen molar-refractivity contribution in [1.29, 1.82) is 0 Å². The Morgan fingerprint density at radius 3 is 2.61 bits per heavy atom. The molecule has 0 saturated heterocycles. The fraction of sp³-hybridized carbons (Fsp3) is 0.200. The zero-order chi connectivity index (χ0) is 20.1. The summed E-state index contributed by atoms with van der Waals surface area (Å²) < 4.78 is 1.02. The maximum absolute atomic E-state index is 11.7. The first kappa shape index (κ1) is 21.0. The van der Waals surface area contributed by atoms with E-state index < -0.39 is 11.9 Å². The number of thioether (sulfide) groups is 1. The second-order valence-corrected chi connectivity index (χ2v) is 8.98. The summed E-state index contributed by atoms with van der Waals surface area (Å²) in [6.45, 7) is 0.298. The average Bonchev–Trinajstić information content (AvgIpc) is 3.11. The normalized spacial score (nSPS) is 12.0. The van der Waals surface area contributed by atoms with Gasteiger partial charge in [0.25, 0.3) is 0 Å². The van der Waals surface area contributed by atoms with E-state index in [1.807, 2.05) is 42.7 Å². The van der Waals surface area contributed by atoms with Gasteiger partial charge in [0.15, 0.2) is 5.13 Å². The number of nitrogens with one attached hydrogen (secondary N) is 1. The summed E-state index contributed by atoms with van der Waals surface area (Å²) in [7, 11) is 0. The maximum atomic E-state index is 11.7. The van der Waals surface area contributed by atoms with E-state index in [1.54, 1.807) is 23.9 Å². The van der Waals surface area contributed by atoms with E-state index in [2.05, 4.69) is 10.3 Å². The van der Waals surface area contributed by atoms with Crippen molar-refractivity contribution in [3.05, 3.63) is 64.1 Å². The van der Waals surface area contributed by atoms with Gasteiger partial charge in [0.1, 0.15) is 0 Å². The number of carboxylic acids is 1. The molecule has 0 aliphatic heterocycles. The van der Waals surface area contributed by atoms with Crippen LogP contribution in [0.2, 0.25) is 10.0 Å². The third-order valence-electron chi connectivity index (χ3n) is 4.15. The number of thiazole rings is 1. The van der Waals surface area contributed by atoms with E-state index >= 15 is 0 Å². The summed E-state index contributed by atoms with van der Waals surface area (Å²) in [6, 6.07) is 15.0. The average molecular weight is 453 g/mol. The first-order chi connectivity index (χ1) is 13.5. The highest BCUT2D eigenvalue weighted by molar-refractivity contribution is 8.00. The lowest BCUT2D eigenvalue weighted by molar-refractivity contribution is -0.141. The minimum absolute atomic E-state index is 0.298. The van der Waals surface area contributed by atoms with Crippen LogP contribution >= 0.6 is 46.3 Å². The van der Waals surface area contributed by atoms with Crippen molar-refractivity contribution in [3.63, 3.8) is 0 Å². The summed E-state index contributed by atoms with van der Waals surface area (Å²) in [4.78, 5) is 16.3. The van der Waals surface area contributed by atoms with E-state index in [4.69, 9.17) is 23.2 Å². The second kappa shape index (κ2) is 9.65. The molecule has 0 aliphatic rings. The smallest absolute Gasteiger partial charge is 0.308 e. The Morgan fingerprint density at radius 2 is 1.96 bits per heavy atom. The number of aromatic nitrogens is 1. The molecule has 0 fully saturated rings. The van der Waals surface area contributed by atoms with Crippen molar-refractivity contribution < 1.29 is 9.90 Å². The number of halogens is 2. The van der Waals surface area contributed by atoms with Gasteiger partial charge in [-0.25, -0.2) is 4.98 Å². The summed E-state index contributed by atoms with van der Waals surface area (Å²) in [6.07, 6.45) is 2.44. The summed E-state index contributed by atoms with van der Waals surface area (Å²) in [5.41, 5.74) is 2.69. The zero-order valence-electron chi connectivity index (χ0n) is 15.0. The Labute approximate surface area is 181 Å². The highest BCUT2D eigenvalue weighted by atomic mass is 35.5. The molecular weight excluding hydrogens is 435 g/mol. The molecule has 3 aromatic rings. The first-order valence-corrected chi connectivity index (χ1v) is 11.3. The fourth-order valence-electron chi connectivity index (χ4n) is 2.70. The molecule has 0 bridgehead atoms. The molecule has 8 heteroatoms. The summed E-state index contributed by atoms with van der Waals surface area (Å²) in [5.74, 6) is -1.37. The van der Waals surface area contributed by atoms with Crippen molar-refractivity contribution in [1.82, 2.24) is 4.98 Å². The van der Waals surface area contributed by atoms with E-state index in [0.717, 1.165) is 21.0 Å². The van der Waals surface area contributed by atoms with Crippen LogP contribution in [0.1, 0.15) is 5.56 Å². The van der Waals surface area contributed by atoms with Gasteiger partial charge in [-0.15, -0.1) is 11.8 Å². The molecule has 2 aromatic carbocycles. The standard InChI is InChI=1S/C20H18Cl2N2O2S2/c1-27-19-17(13-7-8-15(21)16(22)10-13)24-20(28-19)23-11-14(18(25)26)9-12-5-3-2-4-6-12/h2-8,10,14H,9,11H2,1H3,(H,23,24)(H,25,26). The van der Waals surface area contributed by atoms with Gasteiger partial charge in [0.05, 0.1) is 25.9 Å². The predicted octanol–water partition coefficient (Wildman–Crippen LogP) is 6.19. The molecule has 0 amide bonds. The lowest BCUT2D eigenvalue weighted by Crippen LogP contribution is -2.25. The third kappa shape index (κ3) is 5.20.